The smallest absolute Gasteiger partial charge is 0.335 e. The number of carbonyl (C=O) groups is 3. The number of aliphatic hydroxyl groups is 5. The van der Waals surface area contributed by atoms with Gasteiger partial charge in [-0.25, -0.2) is 4.79 Å². The third kappa shape index (κ3) is 4.79. The SMILES string of the molecule is O=C(O)[C@H](O)[C@@H](O)[C@H](O)[C@H](O)CO.O=C1C=C(N2CC2)C(=O)C(N2CC2)=C1N1CC1. The van der Waals surface area contributed by atoms with Crippen molar-refractivity contribution >= 4 is 17.5 Å². The summed E-state index contributed by atoms with van der Waals surface area (Å²) in [5.74, 6) is -1.68. The summed E-state index contributed by atoms with van der Waals surface area (Å²) in [6.07, 6.45) is -6.31. The van der Waals surface area contributed by atoms with Crippen LogP contribution in [-0.4, -0.2) is 133 Å². The summed E-state index contributed by atoms with van der Waals surface area (Å²) in [5.41, 5.74) is 1.89. The Morgan fingerprint density at radius 2 is 1.37 bits per heavy atom. The van der Waals surface area contributed by atoms with E-state index < -0.39 is 37.0 Å². The quantitative estimate of drug-likeness (QED) is 0.162. The third-order valence-electron chi connectivity index (χ3n) is 5.00. The zero-order chi connectivity index (χ0) is 22.2. The average Bonchev–Trinajstić information content (AvgIpc) is 3.58. The van der Waals surface area contributed by atoms with Crippen molar-refractivity contribution in [3.8, 4) is 0 Å². The van der Waals surface area contributed by atoms with Crippen molar-refractivity contribution in [2.24, 2.45) is 0 Å². The minimum absolute atomic E-state index is 0.00546. The number of carbonyl (C=O) groups excluding carboxylic acids is 2. The second-order valence-corrected chi connectivity index (χ2v) is 7.40. The first-order valence-corrected chi connectivity index (χ1v) is 9.53. The van der Waals surface area contributed by atoms with Gasteiger partial charge >= 0.3 is 5.97 Å². The molecule has 0 spiro atoms. The van der Waals surface area contributed by atoms with E-state index in [1.165, 1.54) is 6.08 Å². The zero-order valence-corrected chi connectivity index (χ0v) is 16.1. The first-order valence-electron chi connectivity index (χ1n) is 9.53. The number of aliphatic hydroxyl groups excluding tert-OH is 5. The molecule has 4 aliphatic rings. The van der Waals surface area contributed by atoms with E-state index in [2.05, 4.69) is 0 Å². The summed E-state index contributed by atoms with van der Waals surface area (Å²) >= 11 is 0. The number of Topliss-reactive ketones (excluding diaryl/α,β-unsaturated/α-hetero) is 1. The van der Waals surface area contributed by atoms with E-state index in [9.17, 15) is 14.4 Å². The lowest BCUT2D eigenvalue weighted by Crippen LogP contribution is -2.48. The number of allylic oxidation sites excluding steroid dienone is 1. The van der Waals surface area contributed by atoms with Crippen LogP contribution in [0.15, 0.2) is 23.2 Å². The Labute approximate surface area is 171 Å². The zero-order valence-electron chi connectivity index (χ0n) is 16.1. The molecule has 1 aliphatic carbocycles. The van der Waals surface area contributed by atoms with Gasteiger partial charge in [-0.2, -0.15) is 0 Å². The van der Waals surface area contributed by atoms with Crippen LogP contribution in [0.1, 0.15) is 0 Å². The molecule has 0 saturated carbocycles. The minimum Gasteiger partial charge on any atom is -0.479 e. The number of nitrogens with zero attached hydrogens (tertiary/aromatic N) is 3. The maximum absolute atomic E-state index is 12.4. The molecule has 0 aromatic heterocycles. The molecular formula is C18H25N3O9. The number of hydrogen-bond donors (Lipinski definition) is 6. The molecule has 0 aromatic carbocycles. The van der Waals surface area contributed by atoms with Gasteiger partial charge in [-0.1, -0.05) is 0 Å². The predicted octanol–water partition coefficient (Wildman–Crippen LogP) is -4.31. The molecule has 4 atom stereocenters. The molecule has 3 aliphatic heterocycles. The molecule has 12 nitrogen and oxygen atoms in total. The van der Waals surface area contributed by atoms with Crippen LogP contribution in [0.4, 0.5) is 0 Å². The van der Waals surface area contributed by atoms with Gasteiger partial charge in [0.25, 0.3) is 0 Å². The Kier molecular flexibility index (Phi) is 6.43. The van der Waals surface area contributed by atoms with Crippen molar-refractivity contribution in [1.82, 2.24) is 14.7 Å². The largest absolute Gasteiger partial charge is 0.479 e. The number of ketones is 2. The van der Waals surface area contributed by atoms with Crippen molar-refractivity contribution < 1.29 is 45.0 Å². The molecule has 4 rings (SSSR count). The van der Waals surface area contributed by atoms with Crippen LogP contribution < -0.4 is 0 Å². The van der Waals surface area contributed by atoms with Gasteiger partial charge < -0.3 is 45.3 Å². The van der Waals surface area contributed by atoms with Crippen molar-refractivity contribution in [1.29, 1.82) is 0 Å². The van der Waals surface area contributed by atoms with Crippen LogP contribution in [0.3, 0.4) is 0 Å². The van der Waals surface area contributed by atoms with Gasteiger partial charge in [0.2, 0.25) is 11.6 Å². The first kappa shape index (κ1) is 22.2. The highest BCUT2D eigenvalue weighted by Gasteiger charge is 2.43. The standard InChI is InChI=1S/C12H13N3O2.C6H12O7/c16-9-7-8(13-1-2-13)12(17)11(15-5-6-15)10(9)14-3-4-14;7-1-2(8)3(9)4(10)5(11)6(12)13/h7H,1-6H2;2-5,7-11H,1H2,(H,12,13)/t;2-,3-,4+,5-/m.1/s1. The molecule has 6 N–H and O–H groups in total. The fraction of sp³-hybridized carbons (Fsp3) is 0.611. The summed E-state index contributed by atoms with van der Waals surface area (Å²) in [5, 5.41) is 51.8. The molecule has 30 heavy (non-hydrogen) atoms. The number of aliphatic carboxylic acids is 1. The van der Waals surface area contributed by atoms with Crippen molar-refractivity contribution in [2.75, 3.05) is 45.9 Å². The van der Waals surface area contributed by atoms with Gasteiger partial charge in [0, 0.05) is 45.3 Å². The predicted molar refractivity (Wildman–Crippen MR) is 98.6 cm³/mol. The maximum Gasteiger partial charge on any atom is 0.335 e. The lowest BCUT2D eigenvalue weighted by molar-refractivity contribution is -0.164. The summed E-state index contributed by atoms with van der Waals surface area (Å²) in [6, 6.07) is 0. The van der Waals surface area contributed by atoms with Gasteiger partial charge in [-0.05, 0) is 0 Å². The summed E-state index contributed by atoms with van der Waals surface area (Å²) in [4.78, 5) is 40.6. The van der Waals surface area contributed by atoms with Crippen LogP contribution in [-0.2, 0) is 14.4 Å². The molecule has 0 unspecified atom stereocenters. The second-order valence-electron chi connectivity index (χ2n) is 7.40. The normalized spacial score (nSPS) is 23.9. The van der Waals surface area contributed by atoms with E-state index in [-0.39, 0.29) is 11.6 Å². The van der Waals surface area contributed by atoms with Gasteiger partial charge in [0.15, 0.2) is 6.10 Å². The molecule has 166 valence electrons. The highest BCUT2D eigenvalue weighted by Crippen LogP contribution is 2.33. The maximum atomic E-state index is 12.4. The van der Waals surface area contributed by atoms with E-state index in [1.807, 2.05) is 14.7 Å². The molecule has 0 bridgehead atoms. The molecule has 0 amide bonds. The Bertz CT molecular complexity index is 784. The third-order valence-corrected chi connectivity index (χ3v) is 5.00. The van der Waals surface area contributed by atoms with Crippen LogP contribution in [0.5, 0.6) is 0 Å². The Morgan fingerprint density at radius 3 is 1.80 bits per heavy atom. The van der Waals surface area contributed by atoms with E-state index in [0.717, 1.165) is 39.3 Å². The first-order chi connectivity index (χ1) is 14.2. The van der Waals surface area contributed by atoms with Crippen LogP contribution >= 0.6 is 0 Å². The van der Waals surface area contributed by atoms with Gasteiger partial charge in [-0.3, -0.25) is 9.59 Å². The molecule has 0 radical (unpaired) electrons. The highest BCUT2D eigenvalue weighted by molar-refractivity contribution is 6.22. The number of carboxylic acid groups (broad SMARTS) is 1. The summed E-state index contributed by atoms with van der Waals surface area (Å²) in [7, 11) is 0. The van der Waals surface area contributed by atoms with Crippen molar-refractivity contribution in [2.45, 2.75) is 24.4 Å². The Hall–Kier alpha value is -2.51. The van der Waals surface area contributed by atoms with E-state index in [4.69, 9.17) is 30.6 Å². The average molecular weight is 427 g/mol. The van der Waals surface area contributed by atoms with E-state index in [1.54, 1.807) is 0 Å². The highest BCUT2D eigenvalue weighted by atomic mass is 16.4. The number of hydrogen-bond acceptors (Lipinski definition) is 11. The minimum atomic E-state index is -2.20. The van der Waals surface area contributed by atoms with Crippen LogP contribution in [0.25, 0.3) is 0 Å². The number of rotatable bonds is 8. The Balaban J connectivity index is 0.000000180. The fourth-order valence-electron chi connectivity index (χ4n) is 2.94. The fourth-order valence-corrected chi connectivity index (χ4v) is 2.94. The monoisotopic (exact) mass is 427 g/mol. The number of carboxylic acids is 1. The molecule has 3 saturated heterocycles. The lowest BCUT2D eigenvalue weighted by atomic mass is 10.0. The molecule has 12 heteroatoms. The van der Waals surface area contributed by atoms with Gasteiger partial charge in [0.1, 0.15) is 29.7 Å². The van der Waals surface area contributed by atoms with Crippen molar-refractivity contribution in [3.05, 3.63) is 23.2 Å². The summed E-state index contributed by atoms with van der Waals surface area (Å²) in [6.45, 7) is 4.56. The lowest BCUT2D eigenvalue weighted by Gasteiger charge is -2.23. The van der Waals surface area contributed by atoms with Gasteiger partial charge in [0.05, 0.1) is 12.3 Å². The van der Waals surface area contributed by atoms with Gasteiger partial charge in [-0.15, -0.1) is 0 Å². The Morgan fingerprint density at radius 1 is 0.867 bits per heavy atom. The van der Waals surface area contributed by atoms with E-state index in [0.29, 0.717) is 17.1 Å². The van der Waals surface area contributed by atoms with Crippen LogP contribution in [0, 0.1) is 0 Å². The van der Waals surface area contributed by atoms with Crippen molar-refractivity contribution in [3.63, 3.8) is 0 Å². The summed E-state index contributed by atoms with van der Waals surface area (Å²) < 4.78 is 0. The molecule has 3 fully saturated rings. The second kappa shape index (κ2) is 8.70. The molecule has 3 heterocycles. The molecular weight excluding hydrogens is 402 g/mol. The topological polar surface area (TPSA) is 182 Å². The van der Waals surface area contributed by atoms with Crippen LogP contribution in [0.2, 0.25) is 0 Å². The van der Waals surface area contributed by atoms with E-state index >= 15 is 0 Å². The molecule has 0 aromatic rings.